The second kappa shape index (κ2) is 6.10. The minimum atomic E-state index is -0.413. The van der Waals surface area contributed by atoms with Crippen molar-refractivity contribution in [3.8, 4) is 5.75 Å². The molecule has 106 valence electrons. The highest BCUT2D eigenvalue weighted by molar-refractivity contribution is 5.63. The van der Waals surface area contributed by atoms with Crippen molar-refractivity contribution in [2.45, 2.75) is 20.0 Å². The number of nitrogens with zero attached hydrogens (tertiary/aromatic N) is 2. The third-order valence-electron chi connectivity index (χ3n) is 3.13. The fourth-order valence-corrected chi connectivity index (χ4v) is 2.04. The van der Waals surface area contributed by atoms with Crippen molar-refractivity contribution >= 4 is 11.4 Å². The summed E-state index contributed by atoms with van der Waals surface area (Å²) in [7, 11) is 1.49. The fourth-order valence-electron chi connectivity index (χ4n) is 2.04. The molecule has 6 heteroatoms. The number of ether oxygens (including phenoxy) is 1. The number of benzene rings is 1. The van der Waals surface area contributed by atoms with E-state index < -0.39 is 4.92 Å². The van der Waals surface area contributed by atoms with Crippen molar-refractivity contribution in [3.05, 3.63) is 52.3 Å². The van der Waals surface area contributed by atoms with Crippen molar-refractivity contribution in [1.29, 1.82) is 0 Å². The van der Waals surface area contributed by atoms with Crippen LogP contribution >= 0.6 is 0 Å². The van der Waals surface area contributed by atoms with E-state index in [1.807, 2.05) is 18.3 Å². The van der Waals surface area contributed by atoms with E-state index >= 15 is 0 Å². The van der Waals surface area contributed by atoms with Crippen LogP contribution in [0.25, 0.3) is 0 Å². The van der Waals surface area contributed by atoms with Gasteiger partial charge in [0.05, 0.1) is 24.6 Å². The normalized spacial score (nSPS) is 10.3. The predicted molar refractivity (Wildman–Crippen MR) is 77.1 cm³/mol. The number of nitro benzene ring substituents is 1. The Morgan fingerprint density at radius 3 is 2.85 bits per heavy atom. The zero-order chi connectivity index (χ0) is 14.5. The van der Waals surface area contributed by atoms with Gasteiger partial charge in [0, 0.05) is 18.4 Å². The molecular weight excluding hydrogens is 258 g/mol. The molecule has 20 heavy (non-hydrogen) atoms. The second-order valence-corrected chi connectivity index (χ2v) is 4.28. The van der Waals surface area contributed by atoms with Crippen LogP contribution in [0.2, 0.25) is 0 Å². The van der Waals surface area contributed by atoms with E-state index in [-0.39, 0.29) is 5.69 Å². The van der Waals surface area contributed by atoms with Gasteiger partial charge in [-0.15, -0.1) is 0 Å². The molecule has 0 unspecified atom stereocenters. The van der Waals surface area contributed by atoms with Crippen LogP contribution in [-0.4, -0.2) is 16.6 Å². The molecule has 0 atom stereocenters. The highest BCUT2D eigenvalue weighted by atomic mass is 16.6. The van der Waals surface area contributed by atoms with Crippen LogP contribution in [0, 0.1) is 10.1 Å². The van der Waals surface area contributed by atoms with Gasteiger partial charge in [-0.3, -0.25) is 10.1 Å². The van der Waals surface area contributed by atoms with Crippen LogP contribution in [0.4, 0.5) is 11.4 Å². The molecular formula is C14H17N3O3. The number of nitro groups is 1. The molecule has 2 rings (SSSR count). The molecule has 2 aromatic rings. The maximum atomic E-state index is 11.1. The lowest BCUT2D eigenvalue weighted by Crippen LogP contribution is -2.07. The zero-order valence-electron chi connectivity index (χ0n) is 11.5. The first-order chi connectivity index (χ1) is 9.65. The lowest BCUT2D eigenvalue weighted by atomic mass is 10.2. The minimum absolute atomic E-state index is 0.0129. The van der Waals surface area contributed by atoms with Gasteiger partial charge in [-0.05, 0) is 31.2 Å². The van der Waals surface area contributed by atoms with Gasteiger partial charge in [-0.1, -0.05) is 0 Å². The second-order valence-electron chi connectivity index (χ2n) is 4.28. The molecule has 6 nitrogen and oxygen atoms in total. The Hall–Kier alpha value is -2.50. The summed E-state index contributed by atoms with van der Waals surface area (Å²) in [5.41, 5.74) is 1.58. The largest absolute Gasteiger partial charge is 0.496 e. The Labute approximate surface area is 117 Å². The van der Waals surface area contributed by atoms with Gasteiger partial charge in [0.15, 0.2) is 0 Å². The van der Waals surface area contributed by atoms with E-state index in [1.54, 1.807) is 12.1 Å². The Kier molecular flexibility index (Phi) is 4.24. The molecule has 0 spiro atoms. The van der Waals surface area contributed by atoms with E-state index in [4.69, 9.17) is 4.74 Å². The summed E-state index contributed by atoms with van der Waals surface area (Å²) in [6.45, 7) is 3.46. The average molecular weight is 275 g/mol. The molecule has 0 radical (unpaired) electrons. The Balaban J connectivity index is 2.19. The van der Waals surface area contributed by atoms with E-state index in [1.165, 1.54) is 13.2 Å². The smallest absolute Gasteiger partial charge is 0.296 e. The predicted octanol–water partition coefficient (Wildman–Crippen LogP) is 3.04. The SMILES string of the molecule is CCn1cccc1CNc1ccc(OC)cc1[N+](=O)[O-]. The van der Waals surface area contributed by atoms with Crippen LogP contribution in [0.5, 0.6) is 5.75 Å². The van der Waals surface area contributed by atoms with Crippen LogP contribution in [0.3, 0.4) is 0 Å². The maximum absolute atomic E-state index is 11.1. The van der Waals surface area contributed by atoms with Crippen LogP contribution in [-0.2, 0) is 13.1 Å². The molecule has 0 aliphatic heterocycles. The Morgan fingerprint density at radius 2 is 2.20 bits per heavy atom. The van der Waals surface area contributed by atoms with Gasteiger partial charge in [-0.2, -0.15) is 0 Å². The molecule has 0 amide bonds. The van der Waals surface area contributed by atoms with Crippen LogP contribution in [0.15, 0.2) is 36.5 Å². The summed E-state index contributed by atoms with van der Waals surface area (Å²) in [4.78, 5) is 10.7. The van der Waals surface area contributed by atoms with Gasteiger partial charge in [0.25, 0.3) is 5.69 Å². The first-order valence-corrected chi connectivity index (χ1v) is 6.36. The van der Waals surface area contributed by atoms with Gasteiger partial charge in [0.1, 0.15) is 11.4 Å². The van der Waals surface area contributed by atoms with Crippen molar-refractivity contribution in [2.24, 2.45) is 0 Å². The molecule has 0 aliphatic rings. The van der Waals surface area contributed by atoms with Crippen molar-refractivity contribution in [2.75, 3.05) is 12.4 Å². The van der Waals surface area contributed by atoms with Crippen LogP contribution < -0.4 is 10.1 Å². The van der Waals surface area contributed by atoms with E-state index in [2.05, 4.69) is 16.8 Å². The van der Waals surface area contributed by atoms with Gasteiger partial charge in [-0.25, -0.2) is 0 Å². The highest BCUT2D eigenvalue weighted by Gasteiger charge is 2.15. The van der Waals surface area contributed by atoms with E-state index in [9.17, 15) is 10.1 Å². The summed E-state index contributed by atoms with van der Waals surface area (Å²) < 4.78 is 7.10. The van der Waals surface area contributed by atoms with Crippen molar-refractivity contribution < 1.29 is 9.66 Å². The Bertz CT molecular complexity index is 607. The molecule has 0 fully saturated rings. The van der Waals surface area contributed by atoms with Crippen molar-refractivity contribution in [1.82, 2.24) is 4.57 Å². The van der Waals surface area contributed by atoms with Gasteiger partial charge < -0.3 is 14.6 Å². The highest BCUT2D eigenvalue weighted by Crippen LogP contribution is 2.29. The molecule has 0 bridgehead atoms. The number of aromatic nitrogens is 1. The Morgan fingerprint density at radius 1 is 1.40 bits per heavy atom. The fraction of sp³-hybridized carbons (Fsp3) is 0.286. The number of nitrogens with one attached hydrogen (secondary N) is 1. The molecule has 1 aromatic heterocycles. The third-order valence-corrected chi connectivity index (χ3v) is 3.13. The maximum Gasteiger partial charge on any atom is 0.296 e. The molecule has 0 saturated carbocycles. The molecule has 1 N–H and O–H groups in total. The van der Waals surface area contributed by atoms with Crippen molar-refractivity contribution in [3.63, 3.8) is 0 Å². The van der Waals surface area contributed by atoms with E-state index in [0.29, 0.717) is 18.0 Å². The third kappa shape index (κ3) is 2.90. The summed E-state index contributed by atoms with van der Waals surface area (Å²) in [5.74, 6) is 0.471. The van der Waals surface area contributed by atoms with Crippen LogP contribution in [0.1, 0.15) is 12.6 Å². The number of methoxy groups -OCH3 is 1. The minimum Gasteiger partial charge on any atom is -0.496 e. The van der Waals surface area contributed by atoms with Gasteiger partial charge in [0.2, 0.25) is 0 Å². The summed E-state index contributed by atoms with van der Waals surface area (Å²) in [6.07, 6.45) is 1.99. The first-order valence-electron chi connectivity index (χ1n) is 6.36. The number of rotatable bonds is 6. The average Bonchev–Trinajstić information content (AvgIpc) is 2.92. The number of hydrogen-bond donors (Lipinski definition) is 1. The topological polar surface area (TPSA) is 69.3 Å². The quantitative estimate of drug-likeness (QED) is 0.650. The lowest BCUT2D eigenvalue weighted by Gasteiger charge is -2.10. The monoisotopic (exact) mass is 275 g/mol. The summed E-state index contributed by atoms with van der Waals surface area (Å²) in [6, 6.07) is 8.74. The first kappa shape index (κ1) is 13.9. The number of hydrogen-bond acceptors (Lipinski definition) is 4. The molecule has 1 heterocycles. The standard InChI is InChI=1S/C14H17N3O3/c1-3-16-8-4-5-11(16)10-15-13-7-6-12(20-2)9-14(13)17(18)19/h4-9,15H,3,10H2,1-2H3. The summed E-state index contributed by atoms with van der Waals surface area (Å²) in [5, 5.41) is 14.2. The molecule has 1 aromatic carbocycles. The van der Waals surface area contributed by atoms with Gasteiger partial charge >= 0.3 is 0 Å². The summed E-state index contributed by atoms with van der Waals surface area (Å²) >= 11 is 0. The molecule has 0 saturated heterocycles. The zero-order valence-corrected chi connectivity index (χ0v) is 11.5. The van der Waals surface area contributed by atoms with E-state index in [0.717, 1.165) is 12.2 Å². The molecule has 0 aliphatic carbocycles. The number of anilines is 1. The number of aryl methyl sites for hydroxylation is 1. The lowest BCUT2D eigenvalue weighted by molar-refractivity contribution is -0.384.